The van der Waals surface area contributed by atoms with Crippen molar-refractivity contribution in [2.75, 3.05) is 10.8 Å². The van der Waals surface area contributed by atoms with Crippen molar-refractivity contribution >= 4 is 43.2 Å². The van der Waals surface area contributed by atoms with E-state index in [0.717, 1.165) is 17.4 Å². The van der Waals surface area contributed by atoms with Gasteiger partial charge in [0.05, 0.1) is 20.8 Å². The standard InChI is InChI=1S/C25H21F2N3O3S2/c1-3-14-29-23-21(27)15-18(26)16-22(23)34-25(29)28-24(31)17-10-12-20(13-11-17)35(32,33)30(4-2)19-8-6-5-7-9-19/h3,5-13,15-16H,1,4,14H2,2H3. The first-order chi connectivity index (χ1) is 16.8. The lowest BCUT2D eigenvalue weighted by molar-refractivity contribution is 0.0997. The largest absolute Gasteiger partial charge is 0.310 e. The summed E-state index contributed by atoms with van der Waals surface area (Å²) in [6.45, 7) is 5.77. The third-order valence-electron chi connectivity index (χ3n) is 5.22. The zero-order valence-corrected chi connectivity index (χ0v) is 20.3. The molecule has 1 aromatic heterocycles. The molecule has 4 aromatic rings. The highest BCUT2D eigenvalue weighted by Gasteiger charge is 2.23. The van der Waals surface area contributed by atoms with Crippen molar-refractivity contribution in [3.8, 4) is 0 Å². The van der Waals surface area contributed by atoms with Crippen LogP contribution in [0.5, 0.6) is 0 Å². The molecule has 1 heterocycles. The maximum absolute atomic E-state index is 14.4. The van der Waals surface area contributed by atoms with Crippen molar-refractivity contribution in [3.63, 3.8) is 0 Å². The van der Waals surface area contributed by atoms with Gasteiger partial charge in [-0.3, -0.25) is 9.10 Å². The number of hydrogen-bond donors (Lipinski definition) is 0. The van der Waals surface area contributed by atoms with Gasteiger partial charge in [-0.25, -0.2) is 17.2 Å². The van der Waals surface area contributed by atoms with Crippen molar-refractivity contribution in [1.29, 1.82) is 0 Å². The smallest absolute Gasteiger partial charge is 0.279 e. The number of para-hydroxylation sites is 1. The summed E-state index contributed by atoms with van der Waals surface area (Å²) in [6.07, 6.45) is 1.52. The highest BCUT2D eigenvalue weighted by Crippen LogP contribution is 2.24. The summed E-state index contributed by atoms with van der Waals surface area (Å²) < 4.78 is 57.4. The maximum Gasteiger partial charge on any atom is 0.279 e. The van der Waals surface area contributed by atoms with E-state index in [2.05, 4.69) is 11.6 Å². The molecule has 0 saturated carbocycles. The van der Waals surface area contributed by atoms with E-state index in [9.17, 15) is 22.0 Å². The third kappa shape index (κ3) is 4.80. The number of sulfonamides is 1. The van der Waals surface area contributed by atoms with E-state index in [-0.39, 0.29) is 33.9 Å². The molecule has 0 aliphatic rings. The van der Waals surface area contributed by atoms with Crippen LogP contribution in [0.4, 0.5) is 14.5 Å². The van der Waals surface area contributed by atoms with Gasteiger partial charge in [0, 0.05) is 24.7 Å². The minimum absolute atomic E-state index is 0.0286. The predicted molar refractivity (Wildman–Crippen MR) is 133 cm³/mol. The van der Waals surface area contributed by atoms with E-state index < -0.39 is 27.6 Å². The fourth-order valence-corrected chi connectivity index (χ4v) is 6.20. The van der Waals surface area contributed by atoms with Gasteiger partial charge in [0.25, 0.3) is 15.9 Å². The molecule has 0 N–H and O–H groups in total. The molecule has 180 valence electrons. The van der Waals surface area contributed by atoms with Crippen molar-refractivity contribution in [2.24, 2.45) is 4.99 Å². The fourth-order valence-electron chi connectivity index (χ4n) is 3.65. The molecule has 1 amide bonds. The Kier molecular flexibility index (Phi) is 6.95. The number of nitrogens with zero attached hydrogens (tertiary/aromatic N) is 3. The number of benzene rings is 3. The van der Waals surface area contributed by atoms with Crippen LogP contribution in [0.2, 0.25) is 0 Å². The second-order valence-corrected chi connectivity index (χ2v) is 10.3. The van der Waals surface area contributed by atoms with E-state index in [1.54, 1.807) is 37.3 Å². The van der Waals surface area contributed by atoms with Crippen LogP contribution in [-0.4, -0.2) is 25.4 Å². The van der Waals surface area contributed by atoms with Gasteiger partial charge in [-0.1, -0.05) is 35.6 Å². The predicted octanol–water partition coefficient (Wildman–Crippen LogP) is 5.12. The molecular formula is C25H21F2N3O3S2. The van der Waals surface area contributed by atoms with Gasteiger partial charge in [0.15, 0.2) is 10.6 Å². The van der Waals surface area contributed by atoms with Gasteiger partial charge in [-0.2, -0.15) is 4.99 Å². The van der Waals surface area contributed by atoms with Gasteiger partial charge in [0.1, 0.15) is 5.82 Å². The van der Waals surface area contributed by atoms with E-state index in [1.165, 1.54) is 45.3 Å². The maximum atomic E-state index is 14.4. The lowest BCUT2D eigenvalue weighted by Gasteiger charge is -2.22. The Morgan fingerprint density at radius 3 is 2.43 bits per heavy atom. The first-order valence-corrected chi connectivity index (χ1v) is 12.9. The number of anilines is 1. The van der Waals surface area contributed by atoms with E-state index in [1.807, 2.05) is 0 Å². The summed E-state index contributed by atoms with van der Waals surface area (Å²) in [6, 6.07) is 16.1. The lowest BCUT2D eigenvalue weighted by atomic mass is 10.2. The molecule has 0 unspecified atom stereocenters. The summed E-state index contributed by atoms with van der Waals surface area (Å²) in [5.74, 6) is -2.14. The minimum atomic E-state index is -3.84. The molecule has 3 aromatic carbocycles. The normalized spacial score (nSPS) is 12.1. The van der Waals surface area contributed by atoms with Crippen LogP contribution in [0, 0.1) is 11.6 Å². The number of carbonyl (C=O) groups is 1. The number of halogens is 2. The zero-order chi connectivity index (χ0) is 25.2. The topological polar surface area (TPSA) is 71.7 Å². The first kappa shape index (κ1) is 24.5. The summed E-state index contributed by atoms with van der Waals surface area (Å²) in [7, 11) is -3.84. The molecule has 35 heavy (non-hydrogen) atoms. The first-order valence-electron chi connectivity index (χ1n) is 10.6. The Morgan fingerprint density at radius 2 is 1.80 bits per heavy atom. The highest BCUT2D eigenvalue weighted by atomic mass is 32.2. The second kappa shape index (κ2) is 9.93. The number of aromatic nitrogens is 1. The van der Waals surface area contributed by atoms with Gasteiger partial charge in [0.2, 0.25) is 0 Å². The number of fused-ring (bicyclic) bond motifs is 1. The Morgan fingerprint density at radius 1 is 1.11 bits per heavy atom. The molecule has 0 spiro atoms. The van der Waals surface area contributed by atoms with Crippen LogP contribution in [0.1, 0.15) is 17.3 Å². The SMILES string of the molecule is C=CCn1c(=NC(=O)c2ccc(S(=O)(=O)N(CC)c3ccccc3)cc2)sc2cc(F)cc(F)c21. The Bertz CT molecular complexity index is 1580. The van der Waals surface area contributed by atoms with Crippen molar-refractivity contribution in [1.82, 2.24) is 4.57 Å². The summed E-state index contributed by atoms with van der Waals surface area (Å²) >= 11 is 0.972. The molecular weight excluding hydrogens is 492 g/mol. The Labute approximate surface area is 205 Å². The van der Waals surface area contributed by atoms with Crippen LogP contribution in [-0.2, 0) is 16.6 Å². The molecule has 4 rings (SSSR count). The second-order valence-electron chi connectivity index (χ2n) is 7.46. The molecule has 10 heteroatoms. The van der Waals surface area contributed by atoms with Crippen LogP contribution in [0.15, 0.2) is 89.3 Å². The number of allylic oxidation sites excluding steroid dienone is 1. The molecule has 0 saturated heterocycles. The minimum Gasteiger partial charge on any atom is -0.310 e. The number of thiazole rings is 1. The zero-order valence-electron chi connectivity index (χ0n) is 18.7. The van der Waals surface area contributed by atoms with Crippen LogP contribution >= 0.6 is 11.3 Å². The summed E-state index contributed by atoms with van der Waals surface area (Å²) in [5, 5.41) is 0. The van der Waals surface area contributed by atoms with E-state index in [4.69, 9.17) is 0 Å². The molecule has 0 aliphatic carbocycles. The monoisotopic (exact) mass is 513 g/mol. The van der Waals surface area contributed by atoms with Crippen molar-refractivity contribution in [3.05, 3.63) is 101 Å². The Hall–Kier alpha value is -3.63. The molecule has 0 aliphatic heterocycles. The van der Waals surface area contributed by atoms with Gasteiger partial charge >= 0.3 is 0 Å². The molecule has 0 bridgehead atoms. The van der Waals surface area contributed by atoms with Crippen molar-refractivity contribution < 1.29 is 22.0 Å². The quantitative estimate of drug-likeness (QED) is 0.322. The van der Waals surface area contributed by atoms with Crippen LogP contribution in [0.3, 0.4) is 0 Å². The average molecular weight is 514 g/mol. The number of carbonyl (C=O) groups excluding carboxylic acids is 1. The molecule has 0 fully saturated rings. The highest BCUT2D eigenvalue weighted by molar-refractivity contribution is 7.92. The van der Waals surface area contributed by atoms with E-state index in [0.29, 0.717) is 10.4 Å². The molecule has 0 radical (unpaired) electrons. The van der Waals surface area contributed by atoms with Crippen molar-refractivity contribution in [2.45, 2.75) is 18.4 Å². The van der Waals surface area contributed by atoms with Crippen LogP contribution in [0.25, 0.3) is 10.2 Å². The summed E-state index contributed by atoms with van der Waals surface area (Å²) in [4.78, 5) is 17.1. The van der Waals surface area contributed by atoms with Gasteiger partial charge in [-0.05, 0) is 49.4 Å². The Balaban J connectivity index is 1.70. The van der Waals surface area contributed by atoms with Crippen LogP contribution < -0.4 is 9.11 Å². The summed E-state index contributed by atoms with van der Waals surface area (Å²) in [5.41, 5.74) is 0.816. The van der Waals surface area contributed by atoms with Gasteiger partial charge < -0.3 is 4.57 Å². The van der Waals surface area contributed by atoms with E-state index >= 15 is 0 Å². The average Bonchev–Trinajstić information content (AvgIpc) is 3.17. The molecule has 0 atom stereocenters. The van der Waals surface area contributed by atoms with Gasteiger partial charge in [-0.15, -0.1) is 6.58 Å². The third-order valence-corrected chi connectivity index (χ3v) is 8.17. The lowest BCUT2D eigenvalue weighted by Crippen LogP contribution is -2.30. The molecule has 6 nitrogen and oxygen atoms in total. The number of hydrogen-bond acceptors (Lipinski definition) is 4. The number of amides is 1. The fraction of sp³-hybridized carbons (Fsp3) is 0.120. The number of rotatable bonds is 7.